The number of ether oxygens (including phenoxy) is 1. The number of anilines is 2. The Hall–Kier alpha value is -5.32. The molecule has 2 amide bonds. The Morgan fingerprint density at radius 1 is 0.872 bits per heavy atom. The number of morpholine rings is 1. The second-order valence-corrected chi connectivity index (χ2v) is 8.48. The van der Waals surface area contributed by atoms with Gasteiger partial charge in [-0.25, -0.2) is 4.98 Å². The van der Waals surface area contributed by atoms with Crippen LogP contribution in [0.1, 0.15) is 36.9 Å². The van der Waals surface area contributed by atoms with Crippen LogP contribution in [0.3, 0.4) is 0 Å². The molecule has 1 saturated heterocycles. The summed E-state index contributed by atoms with van der Waals surface area (Å²) in [6.07, 6.45) is 1.24. The molecular formula is C27H23N8O4+. The molecule has 0 aliphatic carbocycles. The summed E-state index contributed by atoms with van der Waals surface area (Å²) in [5, 5.41) is 16.4. The molecule has 0 spiro atoms. The number of ketones is 1. The lowest BCUT2D eigenvalue weighted by Gasteiger charge is -2.28. The first-order chi connectivity index (χ1) is 19.1. The molecule has 12 nitrogen and oxygen atoms in total. The summed E-state index contributed by atoms with van der Waals surface area (Å²) in [6, 6.07) is 20.1. The number of aromatic amines is 1. The Morgan fingerprint density at radius 3 is 2.15 bits per heavy atom. The van der Waals surface area contributed by atoms with Crippen LogP contribution < -0.4 is 15.1 Å². The molecule has 39 heavy (non-hydrogen) atoms. The average molecular weight is 524 g/mol. The summed E-state index contributed by atoms with van der Waals surface area (Å²) in [5.41, 5.74) is 3.28. The van der Waals surface area contributed by atoms with Crippen LogP contribution in [0.4, 0.5) is 17.1 Å². The molecule has 0 bridgehead atoms. The fourth-order valence-corrected chi connectivity index (χ4v) is 3.86. The molecule has 5 rings (SSSR count). The summed E-state index contributed by atoms with van der Waals surface area (Å²) in [6.45, 7) is 3.00. The third-order valence-corrected chi connectivity index (χ3v) is 5.95. The van der Waals surface area contributed by atoms with Gasteiger partial charge in [0.1, 0.15) is 6.33 Å². The molecule has 4 aromatic rings. The average Bonchev–Trinajstić information content (AvgIpc) is 3.54. The van der Waals surface area contributed by atoms with Crippen molar-refractivity contribution in [2.24, 2.45) is 10.2 Å². The number of carbonyl (C=O) groups excluding carboxylic acids is 3. The van der Waals surface area contributed by atoms with Gasteiger partial charge in [-0.2, -0.15) is 5.10 Å². The third kappa shape index (κ3) is 6.34. The zero-order valence-electron chi connectivity index (χ0n) is 20.7. The Kier molecular flexibility index (Phi) is 7.68. The van der Waals surface area contributed by atoms with Gasteiger partial charge in [0.05, 0.1) is 13.2 Å². The van der Waals surface area contributed by atoms with Crippen LogP contribution in [0, 0.1) is 0 Å². The molecule has 0 atom stereocenters. The Bertz CT molecular complexity index is 1520. The van der Waals surface area contributed by atoms with Crippen LogP contribution >= 0.6 is 0 Å². The number of aromatic nitrogens is 3. The maximum Gasteiger partial charge on any atom is 0.360 e. The van der Waals surface area contributed by atoms with E-state index in [1.807, 2.05) is 12.1 Å². The van der Waals surface area contributed by atoms with Gasteiger partial charge in [0, 0.05) is 41.2 Å². The highest BCUT2D eigenvalue weighted by molar-refractivity contribution is 6.09. The molecule has 2 N–H and O–H groups in total. The molecule has 1 aliphatic rings. The highest BCUT2D eigenvalue weighted by atomic mass is 16.5. The molecule has 1 aromatic heterocycles. The highest BCUT2D eigenvalue weighted by Crippen LogP contribution is 2.19. The van der Waals surface area contributed by atoms with Crippen LogP contribution in [0.2, 0.25) is 0 Å². The summed E-state index contributed by atoms with van der Waals surface area (Å²) in [4.78, 5) is 46.8. The van der Waals surface area contributed by atoms with Gasteiger partial charge in [0.2, 0.25) is 15.9 Å². The number of hydrogen-bond donors (Lipinski definition) is 2. The molecule has 0 unspecified atom stereocenters. The predicted molar refractivity (Wildman–Crippen MR) is 141 cm³/mol. The quantitative estimate of drug-likeness (QED) is 0.213. The van der Waals surface area contributed by atoms with Crippen molar-refractivity contribution < 1.29 is 19.1 Å². The van der Waals surface area contributed by atoms with Gasteiger partial charge in [-0.1, -0.05) is 0 Å². The van der Waals surface area contributed by atoms with Crippen LogP contribution in [0.15, 0.2) is 89.4 Å². The number of H-pyrrole nitrogens is 1. The minimum Gasteiger partial charge on any atom is -0.378 e. The first-order valence-corrected chi connectivity index (χ1v) is 12.1. The van der Waals surface area contributed by atoms with E-state index in [1.165, 1.54) is 6.33 Å². The number of benzene rings is 3. The summed E-state index contributed by atoms with van der Waals surface area (Å²) in [7, 11) is 0. The molecule has 3 aromatic carbocycles. The van der Waals surface area contributed by atoms with E-state index in [0.29, 0.717) is 41.3 Å². The van der Waals surface area contributed by atoms with Gasteiger partial charge in [-0.3, -0.25) is 19.5 Å². The van der Waals surface area contributed by atoms with Crippen molar-refractivity contribution in [3.8, 4) is 0 Å². The first kappa shape index (κ1) is 25.3. The zero-order valence-corrected chi connectivity index (χ0v) is 20.7. The Balaban J connectivity index is 1.17. The van der Waals surface area contributed by atoms with Crippen molar-refractivity contribution in [3.63, 3.8) is 0 Å². The Labute approximate surface area is 222 Å². The van der Waals surface area contributed by atoms with Crippen molar-refractivity contribution in [1.82, 2.24) is 20.1 Å². The fraction of sp³-hybridized carbons (Fsp3) is 0.148. The highest BCUT2D eigenvalue weighted by Gasteiger charge is 2.15. The number of nitrogens with one attached hydrogen (secondary N) is 2. The van der Waals surface area contributed by atoms with E-state index in [-0.39, 0.29) is 11.6 Å². The van der Waals surface area contributed by atoms with Crippen LogP contribution in [-0.4, -0.2) is 59.1 Å². The molecule has 12 heteroatoms. The molecule has 2 heterocycles. The van der Waals surface area contributed by atoms with Gasteiger partial charge in [0.25, 0.3) is 5.91 Å². The van der Waals surface area contributed by atoms with Gasteiger partial charge < -0.3 is 15.0 Å². The number of rotatable bonds is 7. The minimum absolute atomic E-state index is 0.0858. The van der Waals surface area contributed by atoms with Crippen LogP contribution in [-0.2, 0) is 4.74 Å². The van der Waals surface area contributed by atoms with Crippen LogP contribution in [0.5, 0.6) is 0 Å². The second kappa shape index (κ2) is 11.8. The Morgan fingerprint density at radius 2 is 1.51 bits per heavy atom. The van der Waals surface area contributed by atoms with Gasteiger partial charge in [-0.15, -0.1) is 0 Å². The maximum absolute atomic E-state index is 12.8. The van der Waals surface area contributed by atoms with Gasteiger partial charge in [0.15, 0.2) is 16.6 Å². The van der Waals surface area contributed by atoms with Crippen LogP contribution in [0.25, 0.3) is 0 Å². The molecule has 0 radical (unpaired) electrons. The van der Waals surface area contributed by atoms with Crippen molar-refractivity contribution >= 4 is 34.7 Å². The second-order valence-electron chi connectivity index (χ2n) is 8.48. The molecular weight excluding hydrogens is 500 g/mol. The number of carbonyl (C=O) groups is 3. The predicted octanol–water partition coefficient (Wildman–Crippen LogP) is 3.57. The van der Waals surface area contributed by atoms with E-state index in [1.54, 1.807) is 60.7 Å². The van der Waals surface area contributed by atoms with E-state index < -0.39 is 11.8 Å². The van der Waals surface area contributed by atoms with E-state index in [2.05, 4.69) is 40.5 Å². The topological polar surface area (TPSA) is 156 Å². The van der Waals surface area contributed by atoms with Crippen molar-refractivity contribution in [1.29, 1.82) is 0 Å². The number of hydrogen-bond acceptors (Lipinski definition) is 8. The summed E-state index contributed by atoms with van der Waals surface area (Å²) >= 11 is 0. The number of amides is 2. The maximum atomic E-state index is 12.8. The molecule has 1 aliphatic heterocycles. The summed E-state index contributed by atoms with van der Waals surface area (Å²) < 4.78 is 5.36. The summed E-state index contributed by atoms with van der Waals surface area (Å²) in [5.74, 6) is -1.05. The van der Waals surface area contributed by atoms with E-state index in [4.69, 9.17) is 4.74 Å². The molecule has 0 saturated carbocycles. The monoisotopic (exact) mass is 523 g/mol. The largest absolute Gasteiger partial charge is 0.378 e. The first-order valence-electron chi connectivity index (χ1n) is 12.1. The standard InChI is InChI=1S/C27H22N8O4/c36-24(18-1-7-21(8-2-18)30-27(38)25-28-17-29-32-25)19-3-9-22(10-4-19)31-34-33-26(37)20-5-11-23(12-6-20)35-13-15-39-16-14-35/h1-12,17H,13-16H2,(H-,28,29,30,31,32,33,36,37,38)/p+1. The van der Waals surface area contributed by atoms with E-state index in [9.17, 15) is 14.4 Å². The lowest BCUT2D eigenvalue weighted by atomic mass is 10.0. The third-order valence-electron chi connectivity index (χ3n) is 5.95. The minimum atomic E-state index is -0.500. The van der Waals surface area contributed by atoms with Crippen molar-refractivity contribution in [3.05, 3.63) is 102 Å². The lowest BCUT2D eigenvalue weighted by Crippen LogP contribution is -2.36. The van der Waals surface area contributed by atoms with Gasteiger partial charge in [-0.05, 0) is 72.8 Å². The lowest BCUT2D eigenvalue weighted by molar-refractivity contribution is 0.0989. The SMILES string of the molecule is O=C(N=[N+]=Nc1ccc(C(=O)c2ccc(NC(=O)c3ncn[nH]3)cc2)cc1)c1ccc(N2CCOCC2)cc1. The normalized spacial score (nSPS) is 12.8. The zero-order chi connectivity index (χ0) is 27.0. The van der Waals surface area contributed by atoms with Crippen molar-refractivity contribution in [2.45, 2.75) is 0 Å². The fourth-order valence-electron chi connectivity index (χ4n) is 3.86. The van der Waals surface area contributed by atoms with Gasteiger partial charge >= 0.3 is 5.91 Å². The number of nitrogens with zero attached hydrogens (tertiary/aromatic N) is 6. The molecule has 194 valence electrons. The van der Waals surface area contributed by atoms with Crippen molar-refractivity contribution in [2.75, 3.05) is 36.5 Å². The molecule has 1 fully saturated rings. The van der Waals surface area contributed by atoms with E-state index in [0.717, 1.165) is 18.8 Å². The smallest absolute Gasteiger partial charge is 0.360 e. The van der Waals surface area contributed by atoms with E-state index >= 15 is 0 Å².